The third-order valence-corrected chi connectivity index (χ3v) is 8.81. The van der Waals surface area contributed by atoms with E-state index in [9.17, 15) is 9.90 Å². The largest absolute Gasteiger partial charge is 0.545 e. The maximum absolute atomic E-state index is 11.2. The number of methoxy groups -OCH3 is 1. The number of hydrogen-bond donors (Lipinski definition) is 0. The molecule has 0 amide bonds. The van der Waals surface area contributed by atoms with Crippen LogP contribution in [0.5, 0.6) is 5.75 Å². The lowest BCUT2D eigenvalue weighted by molar-refractivity contribution is -0.255. The summed E-state index contributed by atoms with van der Waals surface area (Å²) in [5.41, 5.74) is 5.02. The van der Waals surface area contributed by atoms with E-state index in [1.807, 2.05) is 12.1 Å². The zero-order valence-corrected chi connectivity index (χ0v) is 19.7. The molecular weight excluding hydrogens is 408 g/mol. The molecule has 2 unspecified atom stereocenters. The van der Waals surface area contributed by atoms with Crippen LogP contribution >= 0.6 is 0 Å². The summed E-state index contributed by atoms with van der Waals surface area (Å²) in [6.07, 6.45) is 7.92. The van der Waals surface area contributed by atoms with E-state index in [-0.39, 0.29) is 11.0 Å². The summed E-state index contributed by atoms with van der Waals surface area (Å²) in [7, 11) is 1.80. The summed E-state index contributed by atoms with van der Waals surface area (Å²) in [5.74, 6) is 0.703. The Hall–Kier alpha value is -2.81. The molecule has 0 heterocycles. The third-order valence-electron chi connectivity index (χ3n) is 8.81. The van der Waals surface area contributed by atoms with Gasteiger partial charge < -0.3 is 14.6 Å². The highest BCUT2D eigenvalue weighted by molar-refractivity contribution is 5.95. The second kappa shape index (κ2) is 6.85. The minimum absolute atomic E-state index is 0.199. The van der Waals surface area contributed by atoms with Gasteiger partial charge in [-0.1, -0.05) is 44.2 Å². The minimum Gasteiger partial charge on any atom is -0.545 e. The van der Waals surface area contributed by atoms with Crippen molar-refractivity contribution in [2.75, 3.05) is 7.11 Å². The first-order valence-electron chi connectivity index (χ1n) is 12.1. The summed E-state index contributed by atoms with van der Waals surface area (Å²) in [4.78, 5) is 11.2. The molecule has 3 aromatic carbocycles. The fourth-order valence-electron chi connectivity index (χ4n) is 8.60. The minimum atomic E-state index is -1.14. The van der Waals surface area contributed by atoms with Crippen molar-refractivity contribution in [2.45, 2.75) is 57.8 Å². The van der Waals surface area contributed by atoms with Crippen molar-refractivity contribution in [1.82, 2.24) is 0 Å². The van der Waals surface area contributed by atoms with E-state index in [2.05, 4.69) is 44.2 Å². The summed E-state index contributed by atoms with van der Waals surface area (Å²) < 4.78 is 5.94. The number of carbonyl (C=O) groups is 1. The maximum Gasteiger partial charge on any atom is 0.122 e. The van der Waals surface area contributed by atoms with E-state index in [1.54, 1.807) is 19.2 Å². The van der Waals surface area contributed by atoms with E-state index in [0.717, 1.165) is 28.0 Å². The number of carboxylic acids is 1. The van der Waals surface area contributed by atoms with E-state index in [4.69, 9.17) is 4.74 Å². The third kappa shape index (κ3) is 3.27. The predicted octanol–water partition coefficient (Wildman–Crippen LogP) is 6.13. The molecule has 0 saturated heterocycles. The molecule has 0 N–H and O–H groups in total. The second-order valence-corrected chi connectivity index (χ2v) is 11.9. The highest BCUT2D eigenvalue weighted by atomic mass is 16.5. The van der Waals surface area contributed by atoms with Crippen LogP contribution in [-0.4, -0.2) is 13.1 Å². The molecule has 3 aromatic rings. The van der Waals surface area contributed by atoms with Crippen LogP contribution in [0, 0.1) is 16.7 Å². The van der Waals surface area contributed by atoms with Gasteiger partial charge >= 0.3 is 0 Å². The van der Waals surface area contributed by atoms with E-state index >= 15 is 0 Å². The lowest BCUT2D eigenvalue weighted by Crippen LogP contribution is -2.56. The second-order valence-electron chi connectivity index (χ2n) is 11.9. The smallest absolute Gasteiger partial charge is 0.122 e. The number of fused-ring (bicyclic) bond motifs is 1. The van der Waals surface area contributed by atoms with Crippen LogP contribution in [0.2, 0.25) is 0 Å². The normalized spacial score (nSPS) is 32.3. The maximum atomic E-state index is 11.2. The lowest BCUT2D eigenvalue weighted by atomic mass is 9.39. The molecule has 4 aliphatic rings. The summed E-state index contributed by atoms with van der Waals surface area (Å²) in [5, 5.41) is 13.2. The summed E-state index contributed by atoms with van der Waals surface area (Å²) in [6.45, 7) is 5.04. The van der Waals surface area contributed by atoms with Gasteiger partial charge in [0, 0.05) is 11.0 Å². The molecule has 0 aromatic heterocycles. The first-order valence-corrected chi connectivity index (χ1v) is 12.1. The van der Waals surface area contributed by atoms with Crippen LogP contribution in [0.3, 0.4) is 0 Å². The Morgan fingerprint density at radius 2 is 1.48 bits per heavy atom. The van der Waals surface area contributed by atoms with Gasteiger partial charge in [0.25, 0.3) is 0 Å². The van der Waals surface area contributed by atoms with Crippen molar-refractivity contribution < 1.29 is 14.6 Å². The summed E-state index contributed by atoms with van der Waals surface area (Å²) in [6, 6.07) is 18.1. The van der Waals surface area contributed by atoms with Crippen molar-refractivity contribution in [3.8, 4) is 16.9 Å². The standard InChI is InChI=1S/C30H32O3/c1-28-13-19-14-29(2,16-28)18-30(15-19,17-28)25-12-23(8-9-26(25)33-3)21-4-5-22-11-24(27(31)32)7-6-20(22)10-21/h4-12,19H,13-18H2,1-3H3,(H,31,32)/p-1. The fourth-order valence-corrected chi connectivity index (χ4v) is 8.60. The van der Waals surface area contributed by atoms with Crippen molar-refractivity contribution in [3.05, 3.63) is 65.7 Å². The molecule has 7 rings (SSSR count). The number of benzene rings is 3. The van der Waals surface area contributed by atoms with Gasteiger partial charge in [-0.05, 0) is 107 Å². The molecule has 170 valence electrons. The van der Waals surface area contributed by atoms with Gasteiger partial charge in [-0.2, -0.15) is 0 Å². The molecular formula is C30H31O3-. The summed E-state index contributed by atoms with van der Waals surface area (Å²) >= 11 is 0. The van der Waals surface area contributed by atoms with Crippen LogP contribution in [0.1, 0.15) is 68.3 Å². The van der Waals surface area contributed by atoms with Crippen LogP contribution in [0.15, 0.2) is 54.6 Å². The Bertz CT molecular complexity index is 1270. The van der Waals surface area contributed by atoms with E-state index in [0.29, 0.717) is 10.8 Å². The van der Waals surface area contributed by atoms with Gasteiger partial charge in [-0.25, -0.2) is 0 Å². The number of rotatable bonds is 4. The predicted molar refractivity (Wildman–Crippen MR) is 129 cm³/mol. The molecule has 4 saturated carbocycles. The molecule has 0 radical (unpaired) electrons. The molecule has 0 aliphatic heterocycles. The van der Waals surface area contributed by atoms with Gasteiger partial charge in [0.1, 0.15) is 5.75 Å². The first kappa shape index (κ1) is 20.8. The number of hydrogen-bond acceptors (Lipinski definition) is 3. The van der Waals surface area contributed by atoms with Crippen LogP contribution in [0.25, 0.3) is 21.9 Å². The van der Waals surface area contributed by atoms with Gasteiger partial charge in [-0.3, -0.25) is 0 Å². The van der Waals surface area contributed by atoms with Gasteiger partial charge in [-0.15, -0.1) is 0 Å². The van der Waals surface area contributed by atoms with Gasteiger partial charge in [0.15, 0.2) is 0 Å². The zero-order valence-electron chi connectivity index (χ0n) is 19.7. The quantitative estimate of drug-likeness (QED) is 0.491. The molecule has 3 nitrogen and oxygen atoms in total. The van der Waals surface area contributed by atoms with Crippen molar-refractivity contribution >= 4 is 16.7 Å². The fraction of sp³-hybridized carbons (Fsp3) is 0.433. The highest BCUT2D eigenvalue weighted by Crippen LogP contribution is 2.70. The average Bonchev–Trinajstić information content (AvgIpc) is 2.75. The molecule has 33 heavy (non-hydrogen) atoms. The Morgan fingerprint density at radius 3 is 2.15 bits per heavy atom. The van der Waals surface area contributed by atoms with E-state index < -0.39 is 5.97 Å². The van der Waals surface area contributed by atoms with Gasteiger partial charge in [0.2, 0.25) is 0 Å². The molecule has 4 aliphatic carbocycles. The Kier molecular flexibility index (Phi) is 4.31. The number of aromatic carboxylic acids is 1. The first-order chi connectivity index (χ1) is 15.7. The van der Waals surface area contributed by atoms with Crippen LogP contribution in [-0.2, 0) is 5.41 Å². The molecule has 3 heteroatoms. The topological polar surface area (TPSA) is 49.4 Å². The monoisotopic (exact) mass is 439 g/mol. The molecule has 4 fully saturated rings. The lowest BCUT2D eigenvalue weighted by Gasteiger charge is -2.65. The number of carbonyl (C=O) groups excluding carboxylic acids is 1. The van der Waals surface area contributed by atoms with Crippen molar-refractivity contribution in [2.24, 2.45) is 16.7 Å². The molecule has 0 spiro atoms. The average molecular weight is 440 g/mol. The SMILES string of the molecule is COc1ccc(-c2ccc3cc(C(=O)[O-])ccc3c2)cc1C12CC3CC(C)(CC(C)(C3)C1)C2. The van der Waals surface area contributed by atoms with E-state index in [1.165, 1.54) is 49.7 Å². The Morgan fingerprint density at radius 1 is 0.848 bits per heavy atom. The highest BCUT2D eigenvalue weighted by Gasteiger charge is 2.61. The van der Waals surface area contributed by atoms with Crippen molar-refractivity contribution in [1.29, 1.82) is 0 Å². The van der Waals surface area contributed by atoms with Gasteiger partial charge in [0.05, 0.1) is 13.1 Å². The van der Waals surface area contributed by atoms with Crippen LogP contribution < -0.4 is 9.84 Å². The number of ether oxygens (including phenoxy) is 1. The Labute approximate surface area is 195 Å². The van der Waals surface area contributed by atoms with Crippen molar-refractivity contribution in [3.63, 3.8) is 0 Å². The molecule has 2 atom stereocenters. The molecule has 4 bridgehead atoms. The Balaban J connectivity index is 1.45. The van der Waals surface area contributed by atoms with Crippen LogP contribution in [0.4, 0.5) is 0 Å². The zero-order chi connectivity index (χ0) is 23.0. The number of carboxylic acid groups (broad SMARTS) is 1.